The zero-order valence-electron chi connectivity index (χ0n) is 19.5. The van der Waals surface area contributed by atoms with Crippen LogP contribution in [0.4, 0.5) is 10.6 Å². The zero-order valence-corrected chi connectivity index (χ0v) is 19.5. The highest BCUT2D eigenvalue weighted by molar-refractivity contribution is 5.85. The molecule has 5 N–H and O–H groups in total. The summed E-state index contributed by atoms with van der Waals surface area (Å²) in [5, 5.41) is 28.0. The van der Waals surface area contributed by atoms with E-state index >= 15 is 0 Å². The van der Waals surface area contributed by atoms with Gasteiger partial charge >= 0.3 is 12.1 Å². The Morgan fingerprint density at radius 3 is 2.58 bits per heavy atom. The lowest BCUT2D eigenvalue weighted by Gasteiger charge is -2.28. The average Bonchev–Trinajstić information content (AvgIpc) is 3.21. The fourth-order valence-electron chi connectivity index (χ4n) is 3.60. The summed E-state index contributed by atoms with van der Waals surface area (Å²) in [4.78, 5) is 28.5. The van der Waals surface area contributed by atoms with E-state index in [1.54, 1.807) is 39.8 Å². The first-order chi connectivity index (χ1) is 15.2. The fraction of sp³-hybridized carbons (Fsp3) is 0.619. The number of carbonyl (C=O) groups is 2. The number of nitrogens with one attached hydrogen (secondary N) is 1. The number of nitrogens with two attached hydrogens (primary N) is 1. The molecule has 0 saturated carbocycles. The number of hydrogen-bond acceptors (Lipinski definition) is 10. The highest BCUT2D eigenvalue weighted by Crippen LogP contribution is 2.40. The number of carbonyl (C=O) groups excluding carboxylic acids is 2. The number of aliphatic hydroxyl groups is 2. The summed E-state index contributed by atoms with van der Waals surface area (Å²) in [5.41, 5.74) is 3.33. The third-order valence-corrected chi connectivity index (χ3v) is 5.36. The molecule has 1 fully saturated rings. The topological polar surface area (TPSA) is 171 Å². The highest BCUT2D eigenvalue weighted by Gasteiger charge is 2.54. The summed E-state index contributed by atoms with van der Waals surface area (Å²) in [7, 11) is 0. The van der Waals surface area contributed by atoms with Gasteiger partial charge in [-0.3, -0.25) is 0 Å². The van der Waals surface area contributed by atoms with Gasteiger partial charge in [0.1, 0.15) is 53.5 Å². The molecule has 1 saturated heterocycles. The van der Waals surface area contributed by atoms with Crippen molar-refractivity contribution in [3.05, 3.63) is 24.2 Å². The number of aromatic nitrogens is 3. The van der Waals surface area contributed by atoms with Crippen molar-refractivity contribution in [3.8, 4) is 0 Å². The Kier molecular flexibility index (Phi) is 6.30. The smallest absolute Gasteiger partial charge is 0.408 e. The molecule has 0 unspecified atom stereocenters. The normalized spacial score (nSPS) is 25.8. The number of nitrogen functional groups attached to an aromatic ring is 1. The lowest BCUT2D eigenvalue weighted by atomic mass is 9.93. The molecule has 12 nitrogen and oxygen atoms in total. The first-order valence-corrected chi connectivity index (χ1v) is 10.5. The Morgan fingerprint density at radius 1 is 1.27 bits per heavy atom. The van der Waals surface area contributed by atoms with E-state index in [0.717, 1.165) is 0 Å². The van der Waals surface area contributed by atoms with E-state index in [1.807, 2.05) is 0 Å². The lowest BCUT2D eigenvalue weighted by molar-refractivity contribution is -0.158. The molecule has 0 spiro atoms. The van der Waals surface area contributed by atoms with Crippen LogP contribution in [0.1, 0.15) is 47.2 Å². The van der Waals surface area contributed by atoms with Crippen molar-refractivity contribution in [1.29, 1.82) is 0 Å². The Bertz CT molecular complexity index is 1050. The van der Waals surface area contributed by atoms with Gasteiger partial charge in [0.2, 0.25) is 0 Å². The van der Waals surface area contributed by atoms with Crippen LogP contribution in [0.3, 0.4) is 0 Å². The standard InChI is InChI=1S/C21H31N5O7/c1-19(2,3)33-18(30)25-20(4,5)17(29)31-9-12-14(27)15(28)21(6,32-12)13-8-7-11-16(22)23-10-24-26(11)13/h7-8,10,12,14-15,27-28H,9H2,1-6H3,(H,25,30)(H2,22,23,24)/t12-,14-,15-,21+/m1/s1. The van der Waals surface area contributed by atoms with Gasteiger partial charge in [0.05, 0.1) is 5.69 Å². The molecule has 0 radical (unpaired) electrons. The minimum Gasteiger partial charge on any atom is -0.461 e. The maximum absolute atomic E-state index is 12.6. The van der Waals surface area contributed by atoms with E-state index in [0.29, 0.717) is 11.2 Å². The molecule has 33 heavy (non-hydrogen) atoms. The maximum atomic E-state index is 12.6. The third-order valence-electron chi connectivity index (χ3n) is 5.36. The number of aliphatic hydroxyl groups excluding tert-OH is 2. The second-order valence-electron chi connectivity index (χ2n) is 9.71. The summed E-state index contributed by atoms with van der Waals surface area (Å²) in [6.45, 7) is 9.26. The van der Waals surface area contributed by atoms with E-state index in [4.69, 9.17) is 19.9 Å². The van der Waals surface area contributed by atoms with Crippen LogP contribution in [0, 0.1) is 0 Å². The number of alkyl carbamates (subject to hydrolysis) is 1. The van der Waals surface area contributed by atoms with Crippen molar-refractivity contribution in [2.75, 3.05) is 12.3 Å². The van der Waals surface area contributed by atoms with E-state index in [-0.39, 0.29) is 12.4 Å². The molecule has 1 aliphatic heterocycles. The van der Waals surface area contributed by atoms with Gasteiger partial charge < -0.3 is 35.5 Å². The molecule has 1 aliphatic rings. The molecular weight excluding hydrogens is 434 g/mol. The van der Waals surface area contributed by atoms with Crippen LogP contribution in [0.5, 0.6) is 0 Å². The molecule has 4 atom stereocenters. The van der Waals surface area contributed by atoms with E-state index < -0.39 is 47.1 Å². The summed E-state index contributed by atoms with van der Waals surface area (Å²) in [5.74, 6) is -0.515. The van der Waals surface area contributed by atoms with Crippen LogP contribution < -0.4 is 11.1 Å². The second-order valence-corrected chi connectivity index (χ2v) is 9.71. The van der Waals surface area contributed by atoms with E-state index in [2.05, 4.69) is 15.4 Å². The summed E-state index contributed by atoms with van der Waals surface area (Å²) < 4.78 is 17.9. The molecule has 2 aromatic heterocycles. The SMILES string of the molecule is CC(C)(C)OC(=O)NC(C)(C)C(=O)OC[C@H]1O[C@@](C)(c2ccc3c(N)ncnn23)[C@H](O)[C@@H]1O. The molecule has 3 heterocycles. The number of nitrogens with zero attached hydrogens (tertiary/aromatic N) is 3. The molecule has 12 heteroatoms. The average molecular weight is 466 g/mol. The van der Waals surface area contributed by atoms with Crippen LogP contribution in [0.2, 0.25) is 0 Å². The minimum absolute atomic E-state index is 0.248. The molecule has 1 amide bonds. The third kappa shape index (κ3) is 4.87. The monoisotopic (exact) mass is 465 g/mol. The Morgan fingerprint density at radius 2 is 1.94 bits per heavy atom. The second kappa shape index (κ2) is 8.43. The van der Waals surface area contributed by atoms with Crippen molar-refractivity contribution in [2.45, 2.75) is 76.6 Å². The number of esters is 1. The highest BCUT2D eigenvalue weighted by atomic mass is 16.6. The minimum atomic E-state index is -1.40. The number of hydrogen-bond donors (Lipinski definition) is 4. The molecule has 0 aliphatic carbocycles. The van der Waals surface area contributed by atoms with Crippen molar-refractivity contribution >= 4 is 23.4 Å². The zero-order chi connectivity index (χ0) is 24.8. The Labute approximate surface area is 191 Å². The molecule has 0 bridgehead atoms. The number of fused-ring (bicyclic) bond motifs is 1. The summed E-state index contributed by atoms with van der Waals surface area (Å²) in [6.07, 6.45) is -3.23. The molecule has 2 aromatic rings. The van der Waals surface area contributed by atoms with Gasteiger partial charge in [-0.1, -0.05) is 0 Å². The number of amides is 1. The molecule has 3 rings (SSSR count). The Balaban J connectivity index is 1.69. The lowest BCUT2D eigenvalue weighted by Crippen LogP contribution is -2.52. The van der Waals surface area contributed by atoms with Gasteiger partial charge in [-0.2, -0.15) is 5.10 Å². The van der Waals surface area contributed by atoms with Gasteiger partial charge in [-0.15, -0.1) is 0 Å². The maximum Gasteiger partial charge on any atom is 0.408 e. The first kappa shape index (κ1) is 24.7. The molecule has 0 aromatic carbocycles. The predicted molar refractivity (Wildman–Crippen MR) is 116 cm³/mol. The van der Waals surface area contributed by atoms with E-state index in [1.165, 1.54) is 24.7 Å². The number of rotatable bonds is 5. The van der Waals surface area contributed by atoms with Gasteiger partial charge in [0.15, 0.2) is 5.82 Å². The molecular formula is C21H31N5O7. The van der Waals surface area contributed by atoms with Crippen LogP contribution >= 0.6 is 0 Å². The Hall–Kier alpha value is -2.96. The van der Waals surface area contributed by atoms with Crippen molar-refractivity contribution < 1.29 is 34.0 Å². The van der Waals surface area contributed by atoms with Gasteiger partial charge in [0, 0.05) is 0 Å². The van der Waals surface area contributed by atoms with Gasteiger partial charge in [-0.05, 0) is 53.7 Å². The van der Waals surface area contributed by atoms with Crippen LogP contribution in [0.15, 0.2) is 18.5 Å². The summed E-state index contributed by atoms with van der Waals surface area (Å²) >= 11 is 0. The fourth-order valence-corrected chi connectivity index (χ4v) is 3.60. The quantitative estimate of drug-likeness (QED) is 0.456. The van der Waals surface area contributed by atoms with Crippen molar-refractivity contribution in [2.24, 2.45) is 0 Å². The first-order valence-electron chi connectivity index (χ1n) is 10.5. The van der Waals surface area contributed by atoms with Crippen molar-refractivity contribution in [1.82, 2.24) is 19.9 Å². The number of ether oxygens (including phenoxy) is 3. The van der Waals surface area contributed by atoms with Crippen molar-refractivity contribution in [3.63, 3.8) is 0 Å². The van der Waals surface area contributed by atoms with Crippen LogP contribution in [0.25, 0.3) is 5.52 Å². The van der Waals surface area contributed by atoms with Gasteiger partial charge in [0.25, 0.3) is 0 Å². The largest absolute Gasteiger partial charge is 0.461 e. The van der Waals surface area contributed by atoms with Gasteiger partial charge in [-0.25, -0.2) is 19.1 Å². The molecule has 182 valence electrons. The number of anilines is 1. The van der Waals surface area contributed by atoms with Crippen LogP contribution in [-0.4, -0.2) is 72.9 Å². The van der Waals surface area contributed by atoms with Crippen LogP contribution in [-0.2, 0) is 24.6 Å². The van der Waals surface area contributed by atoms with E-state index in [9.17, 15) is 19.8 Å². The summed E-state index contributed by atoms with van der Waals surface area (Å²) in [6, 6.07) is 3.34. The predicted octanol–water partition coefficient (Wildman–Crippen LogP) is 0.494.